The monoisotopic (exact) mass is 249 g/mol. The van der Waals surface area contributed by atoms with Gasteiger partial charge in [-0.1, -0.05) is 12.2 Å². The van der Waals surface area contributed by atoms with Gasteiger partial charge in [0.25, 0.3) is 0 Å². The van der Waals surface area contributed by atoms with Crippen molar-refractivity contribution in [2.45, 2.75) is 19.0 Å². The van der Waals surface area contributed by atoms with Crippen LogP contribution in [0.1, 0.15) is 6.42 Å². The Morgan fingerprint density at radius 2 is 2.11 bits per heavy atom. The molecular formula is C13H19N3O2. The molecule has 1 heterocycles. The highest BCUT2D eigenvalue weighted by molar-refractivity contribution is 5.74. The van der Waals surface area contributed by atoms with Gasteiger partial charge in [-0.15, -0.1) is 0 Å². The number of aliphatic hydroxyl groups excluding tert-OH is 1. The molecule has 2 rings (SSSR count). The highest BCUT2D eigenvalue weighted by Gasteiger charge is 2.19. The summed E-state index contributed by atoms with van der Waals surface area (Å²) in [5.41, 5.74) is 0. The van der Waals surface area contributed by atoms with Crippen LogP contribution < -0.4 is 10.6 Å². The SMILES string of the molecule is O=C(NCCn1cccc1)N[C@@H]1C=C[C@H](CO)C1. The summed E-state index contributed by atoms with van der Waals surface area (Å²) < 4.78 is 2.01. The molecule has 0 spiro atoms. The van der Waals surface area contributed by atoms with Gasteiger partial charge >= 0.3 is 6.03 Å². The molecule has 0 aromatic carbocycles. The molecule has 0 saturated heterocycles. The minimum Gasteiger partial charge on any atom is -0.396 e. The molecule has 2 amide bonds. The third kappa shape index (κ3) is 3.63. The molecule has 0 fully saturated rings. The molecule has 5 nitrogen and oxygen atoms in total. The lowest BCUT2D eigenvalue weighted by molar-refractivity contribution is 0.231. The number of amides is 2. The highest BCUT2D eigenvalue weighted by atomic mass is 16.3. The largest absolute Gasteiger partial charge is 0.396 e. The quantitative estimate of drug-likeness (QED) is 0.673. The zero-order chi connectivity index (χ0) is 12.8. The smallest absolute Gasteiger partial charge is 0.315 e. The Bertz CT molecular complexity index is 400. The molecule has 1 aliphatic rings. The molecule has 1 aromatic heterocycles. The Kier molecular flexibility index (Phi) is 4.41. The number of urea groups is 1. The first-order chi connectivity index (χ1) is 8.78. The van der Waals surface area contributed by atoms with Crippen LogP contribution >= 0.6 is 0 Å². The fraction of sp³-hybridized carbons (Fsp3) is 0.462. The Morgan fingerprint density at radius 1 is 1.33 bits per heavy atom. The van der Waals surface area contributed by atoms with Gasteiger partial charge in [0.15, 0.2) is 0 Å². The number of carbonyl (C=O) groups is 1. The first-order valence-corrected chi connectivity index (χ1v) is 6.22. The molecule has 18 heavy (non-hydrogen) atoms. The Hall–Kier alpha value is -1.75. The molecule has 98 valence electrons. The highest BCUT2D eigenvalue weighted by Crippen LogP contribution is 2.16. The van der Waals surface area contributed by atoms with Crippen LogP contribution in [0.5, 0.6) is 0 Å². The van der Waals surface area contributed by atoms with Crippen molar-refractivity contribution in [1.29, 1.82) is 0 Å². The summed E-state index contributed by atoms with van der Waals surface area (Å²) in [6.45, 7) is 1.50. The van der Waals surface area contributed by atoms with Crippen molar-refractivity contribution in [2.24, 2.45) is 5.92 Å². The van der Waals surface area contributed by atoms with Crippen molar-refractivity contribution >= 4 is 6.03 Å². The lowest BCUT2D eigenvalue weighted by Gasteiger charge is -2.13. The predicted molar refractivity (Wildman–Crippen MR) is 69.1 cm³/mol. The van der Waals surface area contributed by atoms with Crippen LogP contribution in [0.25, 0.3) is 0 Å². The summed E-state index contributed by atoms with van der Waals surface area (Å²) in [5.74, 6) is 0.176. The number of carbonyl (C=O) groups excluding carboxylic acids is 1. The van der Waals surface area contributed by atoms with E-state index in [9.17, 15) is 4.79 Å². The van der Waals surface area contributed by atoms with Crippen LogP contribution in [-0.2, 0) is 6.54 Å². The third-order valence-corrected chi connectivity index (χ3v) is 3.05. The fourth-order valence-corrected chi connectivity index (χ4v) is 2.05. The van der Waals surface area contributed by atoms with Crippen LogP contribution in [0, 0.1) is 5.92 Å². The van der Waals surface area contributed by atoms with E-state index in [2.05, 4.69) is 10.6 Å². The molecule has 5 heteroatoms. The maximum Gasteiger partial charge on any atom is 0.315 e. The van der Waals surface area contributed by atoms with Gasteiger partial charge in [-0.05, 0) is 18.6 Å². The summed E-state index contributed by atoms with van der Waals surface area (Å²) in [7, 11) is 0. The second-order valence-electron chi connectivity index (χ2n) is 4.49. The van der Waals surface area contributed by atoms with Crippen molar-refractivity contribution in [1.82, 2.24) is 15.2 Å². The van der Waals surface area contributed by atoms with E-state index in [1.54, 1.807) is 0 Å². The van der Waals surface area contributed by atoms with Crippen LogP contribution in [0.3, 0.4) is 0 Å². The molecule has 0 bridgehead atoms. The second kappa shape index (κ2) is 6.26. The van der Waals surface area contributed by atoms with E-state index >= 15 is 0 Å². The average molecular weight is 249 g/mol. The number of aromatic nitrogens is 1. The number of nitrogens with one attached hydrogen (secondary N) is 2. The zero-order valence-corrected chi connectivity index (χ0v) is 10.2. The van der Waals surface area contributed by atoms with Crippen LogP contribution in [0.4, 0.5) is 4.79 Å². The summed E-state index contributed by atoms with van der Waals surface area (Å²) in [4.78, 5) is 11.6. The van der Waals surface area contributed by atoms with Gasteiger partial charge in [0.2, 0.25) is 0 Å². The molecular weight excluding hydrogens is 230 g/mol. The molecule has 0 aliphatic heterocycles. The van der Waals surface area contributed by atoms with E-state index in [4.69, 9.17) is 5.11 Å². The first kappa shape index (κ1) is 12.7. The van der Waals surface area contributed by atoms with Gasteiger partial charge < -0.3 is 20.3 Å². The predicted octanol–water partition coefficient (Wildman–Crippen LogP) is 0.724. The minimum absolute atomic E-state index is 0.0359. The molecule has 3 N–H and O–H groups in total. The third-order valence-electron chi connectivity index (χ3n) is 3.05. The van der Waals surface area contributed by atoms with Gasteiger partial charge in [0.1, 0.15) is 0 Å². The minimum atomic E-state index is -0.157. The van der Waals surface area contributed by atoms with E-state index < -0.39 is 0 Å². The molecule has 0 saturated carbocycles. The van der Waals surface area contributed by atoms with E-state index in [1.165, 1.54) is 0 Å². The number of hydrogen-bond donors (Lipinski definition) is 3. The summed E-state index contributed by atoms with van der Waals surface area (Å²) in [5, 5.41) is 14.7. The van der Waals surface area contributed by atoms with Crippen molar-refractivity contribution in [3.63, 3.8) is 0 Å². The molecule has 0 radical (unpaired) electrons. The van der Waals surface area contributed by atoms with E-state index in [0.29, 0.717) is 6.54 Å². The Morgan fingerprint density at radius 3 is 2.78 bits per heavy atom. The van der Waals surface area contributed by atoms with Crippen molar-refractivity contribution in [3.8, 4) is 0 Å². The van der Waals surface area contributed by atoms with Crippen molar-refractivity contribution in [2.75, 3.05) is 13.2 Å². The molecule has 2 atom stereocenters. The molecule has 1 aliphatic carbocycles. The standard InChI is InChI=1S/C13H19N3O2/c17-10-11-3-4-12(9-11)15-13(18)14-5-8-16-6-1-2-7-16/h1-4,6-7,11-12,17H,5,8-10H2,(H2,14,15,18)/t11-,12+/m0/s1. The average Bonchev–Trinajstić information content (AvgIpc) is 3.00. The lowest BCUT2D eigenvalue weighted by Crippen LogP contribution is -2.41. The van der Waals surface area contributed by atoms with Gasteiger partial charge in [0.05, 0.1) is 0 Å². The van der Waals surface area contributed by atoms with Gasteiger partial charge in [-0.2, -0.15) is 0 Å². The maximum atomic E-state index is 11.6. The number of rotatable bonds is 5. The first-order valence-electron chi connectivity index (χ1n) is 6.22. The summed E-state index contributed by atoms with van der Waals surface area (Å²) in [6.07, 6.45) is 8.59. The van der Waals surface area contributed by atoms with Gasteiger partial charge in [-0.3, -0.25) is 0 Å². The topological polar surface area (TPSA) is 66.3 Å². The maximum absolute atomic E-state index is 11.6. The number of hydrogen-bond acceptors (Lipinski definition) is 2. The van der Waals surface area contributed by atoms with Gasteiger partial charge in [0, 0.05) is 44.0 Å². The van der Waals surface area contributed by atoms with Crippen LogP contribution in [-0.4, -0.2) is 34.9 Å². The van der Waals surface area contributed by atoms with Crippen LogP contribution in [0.2, 0.25) is 0 Å². The number of aliphatic hydroxyl groups is 1. The Balaban J connectivity index is 1.62. The second-order valence-corrected chi connectivity index (χ2v) is 4.49. The summed E-state index contributed by atoms with van der Waals surface area (Å²) >= 11 is 0. The van der Waals surface area contributed by atoms with E-state index in [1.807, 2.05) is 41.2 Å². The molecule has 0 unspecified atom stereocenters. The van der Waals surface area contributed by atoms with Crippen molar-refractivity contribution in [3.05, 3.63) is 36.7 Å². The van der Waals surface area contributed by atoms with E-state index in [0.717, 1.165) is 13.0 Å². The normalized spacial score (nSPS) is 22.1. The fourth-order valence-electron chi connectivity index (χ4n) is 2.05. The Labute approximate surface area is 106 Å². The van der Waals surface area contributed by atoms with Crippen LogP contribution in [0.15, 0.2) is 36.7 Å². The number of nitrogens with zero attached hydrogens (tertiary/aromatic N) is 1. The zero-order valence-electron chi connectivity index (χ0n) is 10.2. The van der Waals surface area contributed by atoms with E-state index in [-0.39, 0.29) is 24.6 Å². The van der Waals surface area contributed by atoms with Crippen molar-refractivity contribution < 1.29 is 9.90 Å². The molecule has 1 aromatic rings. The summed E-state index contributed by atoms with van der Waals surface area (Å²) in [6, 6.07) is 3.79. The van der Waals surface area contributed by atoms with Gasteiger partial charge in [-0.25, -0.2) is 4.79 Å². The lowest BCUT2D eigenvalue weighted by atomic mass is 10.1.